The third-order valence-corrected chi connectivity index (χ3v) is 3.78. The molecule has 2 atom stereocenters. The maximum Gasteiger partial charge on any atom is 0.329 e. The Kier molecular flexibility index (Phi) is 3.59. The highest BCUT2D eigenvalue weighted by Crippen LogP contribution is 2.34. The molecule has 1 aromatic rings. The van der Waals surface area contributed by atoms with Crippen LogP contribution in [-0.2, 0) is 11.8 Å². The summed E-state index contributed by atoms with van der Waals surface area (Å²) in [5.74, 6) is -0.474. The maximum absolute atomic E-state index is 11.9. The van der Waals surface area contributed by atoms with Crippen molar-refractivity contribution in [3.8, 4) is 0 Å². The van der Waals surface area contributed by atoms with E-state index in [1.165, 1.54) is 10.8 Å². The molecule has 2 unspecified atom stereocenters. The Balaban J connectivity index is 2.34. The van der Waals surface area contributed by atoms with Gasteiger partial charge in [-0.15, -0.1) is 0 Å². The number of aromatic nitrogens is 2. The van der Waals surface area contributed by atoms with Crippen LogP contribution in [0.3, 0.4) is 0 Å². The lowest BCUT2D eigenvalue weighted by molar-refractivity contribution is -0.144. The number of rotatable bonds is 3. The predicted octanol–water partition coefficient (Wildman–Crippen LogP) is 1.23. The molecule has 0 spiro atoms. The third-order valence-electron chi connectivity index (χ3n) is 3.78. The van der Waals surface area contributed by atoms with Crippen LogP contribution < -0.4 is 10.9 Å². The van der Waals surface area contributed by atoms with E-state index in [-0.39, 0.29) is 11.4 Å². The Morgan fingerprint density at radius 2 is 2.37 bits per heavy atom. The molecule has 6 nitrogen and oxygen atoms in total. The molecule has 0 amide bonds. The van der Waals surface area contributed by atoms with Crippen LogP contribution in [0.15, 0.2) is 17.2 Å². The molecule has 1 saturated carbocycles. The van der Waals surface area contributed by atoms with Crippen molar-refractivity contribution in [1.82, 2.24) is 9.55 Å². The van der Waals surface area contributed by atoms with Crippen molar-refractivity contribution >= 4 is 11.8 Å². The van der Waals surface area contributed by atoms with Gasteiger partial charge in [-0.1, -0.05) is 19.8 Å². The summed E-state index contributed by atoms with van der Waals surface area (Å²) in [6.07, 6.45) is 5.94. The first kappa shape index (κ1) is 13.6. The monoisotopic (exact) mass is 265 g/mol. The van der Waals surface area contributed by atoms with Gasteiger partial charge in [0.25, 0.3) is 5.56 Å². The van der Waals surface area contributed by atoms with Gasteiger partial charge in [-0.25, -0.2) is 9.78 Å². The molecule has 1 aromatic heterocycles. The van der Waals surface area contributed by atoms with Crippen molar-refractivity contribution in [2.45, 2.75) is 38.1 Å². The SMILES string of the molecule is CC1CCCC(Nc2nccn(C)c2=O)(C(=O)O)C1. The Bertz CT molecular complexity index is 540. The van der Waals surface area contributed by atoms with Crippen LogP contribution >= 0.6 is 0 Å². The number of carboxylic acids is 1. The van der Waals surface area contributed by atoms with Crippen molar-refractivity contribution in [3.05, 3.63) is 22.7 Å². The number of hydrogen-bond donors (Lipinski definition) is 2. The number of nitrogens with zero attached hydrogens (tertiary/aromatic N) is 2. The van der Waals surface area contributed by atoms with Crippen LogP contribution in [0.2, 0.25) is 0 Å². The number of nitrogens with one attached hydrogen (secondary N) is 1. The topological polar surface area (TPSA) is 84.2 Å². The zero-order valence-corrected chi connectivity index (χ0v) is 11.2. The van der Waals surface area contributed by atoms with Crippen molar-refractivity contribution in [2.24, 2.45) is 13.0 Å². The van der Waals surface area contributed by atoms with E-state index >= 15 is 0 Å². The Labute approximate surface area is 111 Å². The standard InChI is InChI=1S/C13H19N3O3/c1-9-4-3-5-13(8-9,12(18)19)15-10-11(17)16(2)7-6-14-10/h6-7,9H,3-5,8H2,1-2H3,(H,14,15)(H,18,19). The molecule has 0 aliphatic heterocycles. The minimum Gasteiger partial charge on any atom is -0.480 e. The summed E-state index contributed by atoms with van der Waals surface area (Å²) in [5.41, 5.74) is -1.38. The molecule has 0 bridgehead atoms. The fourth-order valence-corrected chi connectivity index (χ4v) is 2.72. The zero-order chi connectivity index (χ0) is 14.0. The Morgan fingerprint density at radius 3 is 3.00 bits per heavy atom. The van der Waals surface area contributed by atoms with Crippen LogP contribution in [-0.4, -0.2) is 26.2 Å². The molecule has 6 heteroatoms. The average molecular weight is 265 g/mol. The Hall–Kier alpha value is -1.85. The molecule has 0 aromatic carbocycles. The number of aryl methyl sites for hydroxylation is 1. The van der Waals surface area contributed by atoms with Crippen molar-refractivity contribution in [2.75, 3.05) is 5.32 Å². The average Bonchev–Trinajstić information content (AvgIpc) is 2.35. The second-order valence-electron chi connectivity index (χ2n) is 5.41. The molecule has 1 aliphatic carbocycles. The first-order valence-electron chi connectivity index (χ1n) is 6.48. The molecule has 2 N–H and O–H groups in total. The van der Waals surface area contributed by atoms with E-state index in [2.05, 4.69) is 10.3 Å². The molecule has 19 heavy (non-hydrogen) atoms. The van der Waals surface area contributed by atoms with E-state index in [1.807, 2.05) is 6.92 Å². The molecule has 0 saturated heterocycles. The highest BCUT2D eigenvalue weighted by molar-refractivity contribution is 5.82. The number of carboxylic acid groups (broad SMARTS) is 1. The van der Waals surface area contributed by atoms with Gasteiger partial charge in [0, 0.05) is 19.4 Å². The van der Waals surface area contributed by atoms with E-state index in [0.29, 0.717) is 18.8 Å². The summed E-state index contributed by atoms with van der Waals surface area (Å²) in [6, 6.07) is 0. The first-order valence-corrected chi connectivity index (χ1v) is 6.48. The van der Waals surface area contributed by atoms with Gasteiger partial charge in [0.15, 0.2) is 5.82 Å². The number of aliphatic carboxylic acids is 1. The maximum atomic E-state index is 11.9. The molecule has 2 rings (SSSR count). The predicted molar refractivity (Wildman–Crippen MR) is 71.1 cm³/mol. The van der Waals surface area contributed by atoms with Gasteiger partial charge >= 0.3 is 5.97 Å². The summed E-state index contributed by atoms with van der Waals surface area (Å²) in [7, 11) is 1.62. The quantitative estimate of drug-likeness (QED) is 0.858. The molecule has 1 fully saturated rings. The van der Waals surface area contributed by atoms with Crippen LogP contribution in [0.4, 0.5) is 5.82 Å². The van der Waals surface area contributed by atoms with E-state index in [9.17, 15) is 14.7 Å². The number of anilines is 1. The second-order valence-corrected chi connectivity index (χ2v) is 5.41. The zero-order valence-electron chi connectivity index (χ0n) is 11.2. The molecule has 1 aliphatic rings. The van der Waals surface area contributed by atoms with Gasteiger partial charge in [0.1, 0.15) is 5.54 Å². The molecular weight excluding hydrogens is 246 g/mol. The van der Waals surface area contributed by atoms with Gasteiger partial charge in [0.2, 0.25) is 0 Å². The highest BCUT2D eigenvalue weighted by atomic mass is 16.4. The first-order chi connectivity index (χ1) is 8.94. The van der Waals surface area contributed by atoms with Crippen LogP contribution in [0.25, 0.3) is 0 Å². The molecular formula is C13H19N3O3. The van der Waals surface area contributed by atoms with Gasteiger partial charge in [-0.2, -0.15) is 0 Å². The summed E-state index contributed by atoms with van der Waals surface area (Å²) in [5, 5.41) is 12.4. The van der Waals surface area contributed by atoms with Gasteiger partial charge in [0.05, 0.1) is 0 Å². The minimum atomic E-state index is -1.07. The third kappa shape index (κ3) is 2.62. The lowest BCUT2D eigenvalue weighted by Crippen LogP contribution is -2.51. The van der Waals surface area contributed by atoms with Crippen LogP contribution in [0, 0.1) is 5.92 Å². The number of carbonyl (C=O) groups is 1. The Morgan fingerprint density at radius 1 is 1.63 bits per heavy atom. The fourth-order valence-electron chi connectivity index (χ4n) is 2.72. The van der Waals surface area contributed by atoms with Gasteiger partial charge < -0.3 is 15.0 Å². The van der Waals surface area contributed by atoms with E-state index in [4.69, 9.17) is 0 Å². The minimum absolute atomic E-state index is 0.113. The van der Waals surface area contributed by atoms with E-state index in [1.54, 1.807) is 13.2 Å². The smallest absolute Gasteiger partial charge is 0.329 e. The van der Waals surface area contributed by atoms with Crippen molar-refractivity contribution in [1.29, 1.82) is 0 Å². The van der Waals surface area contributed by atoms with Gasteiger partial charge in [-0.05, 0) is 18.8 Å². The van der Waals surface area contributed by atoms with Crippen molar-refractivity contribution < 1.29 is 9.90 Å². The summed E-state index contributed by atoms with van der Waals surface area (Å²) in [4.78, 5) is 27.5. The van der Waals surface area contributed by atoms with Gasteiger partial charge in [-0.3, -0.25) is 4.79 Å². The highest BCUT2D eigenvalue weighted by Gasteiger charge is 2.42. The summed E-state index contributed by atoms with van der Waals surface area (Å²) >= 11 is 0. The molecule has 104 valence electrons. The van der Waals surface area contributed by atoms with E-state index in [0.717, 1.165) is 12.8 Å². The summed E-state index contributed by atoms with van der Waals surface area (Å²) < 4.78 is 1.39. The van der Waals surface area contributed by atoms with Crippen LogP contribution in [0.5, 0.6) is 0 Å². The normalized spacial score (nSPS) is 26.9. The second kappa shape index (κ2) is 5.03. The van der Waals surface area contributed by atoms with Crippen LogP contribution in [0.1, 0.15) is 32.6 Å². The molecule has 1 heterocycles. The summed E-state index contributed by atoms with van der Waals surface area (Å²) in [6.45, 7) is 2.04. The number of hydrogen-bond acceptors (Lipinski definition) is 4. The molecule has 0 radical (unpaired) electrons. The fraction of sp³-hybridized carbons (Fsp3) is 0.615. The van der Waals surface area contributed by atoms with Crippen molar-refractivity contribution in [3.63, 3.8) is 0 Å². The largest absolute Gasteiger partial charge is 0.480 e. The lowest BCUT2D eigenvalue weighted by atomic mass is 9.76. The lowest BCUT2D eigenvalue weighted by Gasteiger charge is -2.37. The van der Waals surface area contributed by atoms with E-state index < -0.39 is 11.5 Å².